The van der Waals surface area contributed by atoms with Crippen LogP contribution in [0.25, 0.3) is 0 Å². The first-order valence-electron chi connectivity index (χ1n) is 3.60. The molecule has 0 aliphatic rings. The normalized spacial score (nSPS) is 12.6. The Balaban J connectivity index is 3.45. The molecule has 1 unspecified atom stereocenters. The Morgan fingerprint density at radius 1 is 1.13 bits per heavy atom. The lowest BCUT2D eigenvalue weighted by Crippen LogP contribution is -2.16. The van der Waals surface area contributed by atoms with Crippen molar-refractivity contribution in [1.82, 2.24) is 0 Å². The minimum atomic E-state index is -2.66. The zero-order chi connectivity index (χ0) is 11.7. The fourth-order valence-electron chi connectivity index (χ4n) is 0.955. The maximum Gasteiger partial charge on any atom is 0.337 e. The third-order valence-electron chi connectivity index (χ3n) is 1.65. The second-order valence-electron chi connectivity index (χ2n) is 2.62. The zero-order valence-corrected chi connectivity index (χ0v) is 6.97. The van der Waals surface area contributed by atoms with Crippen LogP contribution >= 0.6 is 0 Å². The molecule has 0 aliphatic carbocycles. The van der Waals surface area contributed by atoms with Crippen molar-refractivity contribution in [3.63, 3.8) is 0 Å². The van der Waals surface area contributed by atoms with Gasteiger partial charge in [0.15, 0.2) is 29.4 Å². The Bertz CT molecular complexity index is 393. The van der Waals surface area contributed by atoms with E-state index in [0.717, 1.165) is 0 Å². The minimum absolute atomic E-state index is 0.0806. The number of aliphatic hydroxyl groups excluding tert-OH is 1. The summed E-state index contributed by atoms with van der Waals surface area (Å²) >= 11 is 0. The molecule has 3 nitrogen and oxygen atoms in total. The second-order valence-corrected chi connectivity index (χ2v) is 2.62. The van der Waals surface area contributed by atoms with E-state index in [9.17, 15) is 22.4 Å². The molecule has 7 heteroatoms. The smallest absolute Gasteiger partial charge is 0.337 e. The fraction of sp³-hybridized carbons (Fsp3) is 0.125. The van der Waals surface area contributed by atoms with Gasteiger partial charge >= 0.3 is 5.97 Å². The predicted molar refractivity (Wildman–Crippen MR) is 38.9 cm³/mol. The topological polar surface area (TPSA) is 57.5 Å². The molecule has 82 valence electrons. The Morgan fingerprint density at radius 3 is 1.87 bits per heavy atom. The van der Waals surface area contributed by atoms with Gasteiger partial charge in [0.1, 0.15) is 0 Å². The molecular formula is C8H4F4O3. The molecule has 0 saturated heterocycles. The number of halogens is 4. The van der Waals surface area contributed by atoms with Gasteiger partial charge in [0, 0.05) is 6.07 Å². The molecule has 0 spiro atoms. The number of rotatable bonds is 2. The van der Waals surface area contributed by atoms with Crippen LogP contribution in [0.3, 0.4) is 0 Å². The Labute approximate surface area is 80.6 Å². The summed E-state index contributed by atoms with van der Waals surface area (Å²) in [6, 6.07) is -0.0806. The lowest BCUT2D eigenvalue weighted by Gasteiger charge is -2.09. The van der Waals surface area contributed by atoms with Crippen molar-refractivity contribution >= 4 is 5.97 Å². The number of carbonyl (C=O) groups is 1. The van der Waals surface area contributed by atoms with Crippen molar-refractivity contribution < 1.29 is 32.6 Å². The van der Waals surface area contributed by atoms with Gasteiger partial charge in [-0.3, -0.25) is 0 Å². The molecule has 0 heterocycles. The number of hydrogen-bond donors (Lipinski definition) is 2. The van der Waals surface area contributed by atoms with E-state index in [0.29, 0.717) is 0 Å². The summed E-state index contributed by atoms with van der Waals surface area (Å²) < 4.78 is 50.8. The molecule has 0 radical (unpaired) electrons. The molecule has 1 aromatic carbocycles. The van der Waals surface area contributed by atoms with Gasteiger partial charge in [0.25, 0.3) is 0 Å². The highest BCUT2D eigenvalue weighted by Gasteiger charge is 2.28. The fourth-order valence-corrected chi connectivity index (χ4v) is 0.955. The summed E-state index contributed by atoms with van der Waals surface area (Å²) in [5.74, 6) is -9.42. The first kappa shape index (κ1) is 11.4. The molecule has 1 aromatic rings. The van der Waals surface area contributed by atoms with Crippen molar-refractivity contribution in [2.24, 2.45) is 0 Å². The lowest BCUT2D eigenvalue weighted by atomic mass is 10.1. The number of hydrogen-bond acceptors (Lipinski definition) is 2. The van der Waals surface area contributed by atoms with Crippen LogP contribution in [0.2, 0.25) is 0 Å². The summed E-state index contributed by atoms with van der Waals surface area (Å²) in [7, 11) is 0. The average molecular weight is 224 g/mol. The Morgan fingerprint density at radius 2 is 1.53 bits per heavy atom. The van der Waals surface area contributed by atoms with Crippen LogP contribution in [-0.2, 0) is 4.79 Å². The van der Waals surface area contributed by atoms with Gasteiger partial charge in [-0.05, 0) is 0 Å². The van der Waals surface area contributed by atoms with E-state index in [1.807, 2.05) is 0 Å². The number of aliphatic hydroxyl groups is 1. The first-order chi connectivity index (χ1) is 6.86. The van der Waals surface area contributed by atoms with Gasteiger partial charge in [0.2, 0.25) is 0 Å². The predicted octanol–water partition coefficient (Wildman–Crippen LogP) is 1.36. The van der Waals surface area contributed by atoms with Crippen molar-refractivity contribution in [3.8, 4) is 0 Å². The molecule has 0 aliphatic heterocycles. The van der Waals surface area contributed by atoms with Crippen molar-refractivity contribution in [1.29, 1.82) is 0 Å². The molecule has 2 N–H and O–H groups in total. The monoisotopic (exact) mass is 224 g/mol. The van der Waals surface area contributed by atoms with Crippen LogP contribution in [0.4, 0.5) is 17.6 Å². The molecule has 0 fully saturated rings. The average Bonchev–Trinajstić information content (AvgIpc) is 2.15. The van der Waals surface area contributed by atoms with Crippen LogP contribution in [0, 0.1) is 23.3 Å². The standard InChI is InChI=1S/C8H4F4O3/c9-2-1-3(10)6(12)4(5(2)11)7(13)8(14)15/h1,7,13H,(H,14,15). The number of carboxylic acids is 1. The summed E-state index contributed by atoms with van der Waals surface area (Å²) in [5.41, 5.74) is -1.56. The van der Waals surface area contributed by atoms with E-state index in [4.69, 9.17) is 10.2 Å². The molecule has 0 saturated carbocycles. The highest BCUT2D eigenvalue weighted by atomic mass is 19.2. The van der Waals surface area contributed by atoms with E-state index in [-0.39, 0.29) is 6.07 Å². The van der Waals surface area contributed by atoms with E-state index >= 15 is 0 Å². The summed E-state index contributed by atoms with van der Waals surface area (Å²) in [4.78, 5) is 10.2. The van der Waals surface area contributed by atoms with Crippen LogP contribution in [0.15, 0.2) is 6.07 Å². The quantitative estimate of drug-likeness (QED) is 0.589. The van der Waals surface area contributed by atoms with Gasteiger partial charge < -0.3 is 10.2 Å². The van der Waals surface area contributed by atoms with Gasteiger partial charge in [-0.1, -0.05) is 0 Å². The van der Waals surface area contributed by atoms with E-state index < -0.39 is 40.9 Å². The SMILES string of the molecule is O=C(O)C(O)c1c(F)c(F)cc(F)c1F. The van der Waals surface area contributed by atoms with Crippen molar-refractivity contribution in [2.75, 3.05) is 0 Å². The summed E-state index contributed by atoms with van der Waals surface area (Å²) in [5, 5.41) is 17.0. The van der Waals surface area contributed by atoms with Crippen LogP contribution in [0.1, 0.15) is 11.7 Å². The Hall–Kier alpha value is -1.63. The van der Waals surface area contributed by atoms with Crippen molar-refractivity contribution in [2.45, 2.75) is 6.10 Å². The number of aliphatic carboxylic acids is 1. The molecule has 0 bridgehead atoms. The van der Waals surface area contributed by atoms with Gasteiger partial charge in [-0.15, -0.1) is 0 Å². The molecule has 1 atom stereocenters. The summed E-state index contributed by atoms with van der Waals surface area (Å²) in [6.45, 7) is 0. The first-order valence-corrected chi connectivity index (χ1v) is 3.60. The Kier molecular flexibility index (Phi) is 2.94. The highest BCUT2D eigenvalue weighted by Crippen LogP contribution is 2.25. The molecule has 0 amide bonds. The maximum atomic E-state index is 12.8. The highest BCUT2D eigenvalue weighted by molar-refractivity contribution is 5.74. The van der Waals surface area contributed by atoms with Gasteiger partial charge in [0.05, 0.1) is 5.56 Å². The maximum absolute atomic E-state index is 12.8. The third-order valence-corrected chi connectivity index (χ3v) is 1.65. The van der Waals surface area contributed by atoms with Crippen LogP contribution < -0.4 is 0 Å². The van der Waals surface area contributed by atoms with E-state index in [2.05, 4.69) is 0 Å². The third kappa shape index (κ3) is 1.91. The van der Waals surface area contributed by atoms with Crippen LogP contribution in [-0.4, -0.2) is 16.2 Å². The number of benzene rings is 1. The van der Waals surface area contributed by atoms with Gasteiger partial charge in [-0.2, -0.15) is 0 Å². The van der Waals surface area contributed by atoms with Gasteiger partial charge in [-0.25, -0.2) is 22.4 Å². The second kappa shape index (κ2) is 3.85. The molecule has 15 heavy (non-hydrogen) atoms. The van der Waals surface area contributed by atoms with Crippen molar-refractivity contribution in [3.05, 3.63) is 34.9 Å². The molecular weight excluding hydrogens is 220 g/mol. The molecule has 0 aromatic heterocycles. The zero-order valence-electron chi connectivity index (χ0n) is 6.97. The van der Waals surface area contributed by atoms with E-state index in [1.165, 1.54) is 0 Å². The van der Waals surface area contributed by atoms with E-state index in [1.54, 1.807) is 0 Å². The lowest BCUT2D eigenvalue weighted by molar-refractivity contribution is -0.147. The summed E-state index contributed by atoms with van der Waals surface area (Å²) in [6.07, 6.45) is -2.66. The number of carboxylic acid groups (broad SMARTS) is 1. The van der Waals surface area contributed by atoms with Crippen LogP contribution in [0.5, 0.6) is 0 Å². The largest absolute Gasteiger partial charge is 0.479 e. The minimum Gasteiger partial charge on any atom is -0.479 e. The molecule has 1 rings (SSSR count).